The zero-order valence-electron chi connectivity index (χ0n) is 11.0. The quantitative estimate of drug-likeness (QED) is 0.841. The third-order valence-electron chi connectivity index (χ3n) is 3.39. The van der Waals surface area contributed by atoms with E-state index in [0.717, 1.165) is 38.0 Å². The Kier molecular flexibility index (Phi) is 5.10. The number of methoxy groups -OCH3 is 1. The smallest absolute Gasteiger partial charge is 0.248 e. The lowest BCUT2D eigenvalue weighted by molar-refractivity contribution is -0.136. The van der Waals surface area contributed by atoms with Gasteiger partial charge in [0.1, 0.15) is 11.8 Å². The lowest BCUT2D eigenvalue weighted by Crippen LogP contribution is -2.40. The van der Waals surface area contributed by atoms with E-state index in [1.165, 1.54) is 6.20 Å². The Balaban J connectivity index is 1.82. The summed E-state index contributed by atoms with van der Waals surface area (Å²) < 4.78 is 4.87. The largest absolute Gasteiger partial charge is 0.375 e. The van der Waals surface area contributed by atoms with Crippen LogP contribution in [-0.2, 0) is 16.0 Å². The average Bonchev–Trinajstić information content (AvgIpc) is 2.40. The predicted octanol–water partition coefficient (Wildman–Crippen LogP) is 1.56. The van der Waals surface area contributed by atoms with E-state index in [9.17, 15) is 4.79 Å². The second kappa shape index (κ2) is 6.82. The zero-order valence-corrected chi connectivity index (χ0v) is 11.8. The van der Waals surface area contributed by atoms with Crippen LogP contribution in [0.1, 0.15) is 18.5 Å². The standard InChI is InChI=1S/C13H18ClN3O2/c1-19-9-13(18)17-4-2-10(3-5-17)6-11-7-15-8-12(14)16-11/h7-8,10H,2-6,9H2,1H3. The molecule has 1 amide bonds. The molecule has 1 aromatic rings. The topological polar surface area (TPSA) is 55.3 Å². The molecule has 5 nitrogen and oxygen atoms in total. The van der Waals surface area contributed by atoms with E-state index in [1.807, 2.05) is 4.90 Å². The average molecular weight is 284 g/mol. The van der Waals surface area contributed by atoms with Gasteiger partial charge in [-0.1, -0.05) is 11.6 Å². The van der Waals surface area contributed by atoms with Gasteiger partial charge in [0.05, 0.1) is 11.9 Å². The Labute approximate surface area is 117 Å². The highest BCUT2D eigenvalue weighted by atomic mass is 35.5. The highest BCUT2D eigenvalue weighted by Gasteiger charge is 2.23. The van der Waals surface area contributed by atoms with Crippen LogP contribution in [0.15, 0.2) is 12.4 Å². The number of ether oxygens (including phenoxy) is 1. The first-order chi connectivity index (χ1) is 9.19. The number of piperidine rings is 1. The van der Waals surface area contributed by atoms with Crippen LogP contribution < -0.4 is 0 Å². The third kappa shape index (κ3) is 4.14. The lowest BCUT2D eigenvalue weighted by atomic mass is 9.92. The van der Waals surface area contributed by atoms with E-state index in [0.29, 0.717) is 11.1 Å². The zero-order chi connectivity index (χ0) is 13.7. The van der Waals surface area contributed by atoms with Gasteiger partial charge in [-0.15, -0.1) is 0 Å². The first kappa shape index (κ1) is 14.2. The number of carbonyl (C=O) groups is 1. The number of halogens is 1. The second-order valence-electron chi connectivity index (χ2n) is 4.79. The summed E-state index contributed by atoms with van der Waals surface area (Å²) in [6.07, 6.45) is 6.15. The molecule has 0 spiro atoms. The minimum absolute atomic E-state index is 0.0727. The van der Waals surface area contributed by atoms with Gasteiger partial charge < -0.3 is 9.64 Å². The van der Waals surface area contributed by atoms with E-state index in [2.05, 4.69) is 9.97 Å². The summed E-state index contributed by atoms with van der Waals surface area (Å²) in [6, 6.07) is 0. The van der Waals surface area contributed by atoms with Crippen molar-refractivity contribution in [3.63, 3.8) is 0 Å². The van der Waals surface area contributed by atoms with Crippen LogP contribution >= 0.6 is 11.6 Å². The van der Waals surface area contributed by atoms with E-state index in [4.69, 9.17) is 16.3 Å². The van der Waals surface area contributed by atoms with Crippen molar-refractivity contribution >= 4 is 17.5 Å². The lowest BCUT2D eigenvalue weighted by Gasteiger charge is -2.31. The molecule has 0 radical (unpaired) electrons. The fourth-order valence-electron chi connectivity index (χ4n) is 2.38. The van der Waals surface area contributed by atoms with Gasteiger partial charge in [-0.05, 0) is 25.2 Å². The molecule has 1 saturated heterocycles. The van der Waals surface area contributed by atoms with Crippen LogP contribution in [0.4, 0.5) is 0 Å². The number of likely N-dealkylation sites (tertiary alicyclic amines) is 1. The molecule has 2 heterocycles. The van der Waals surface area contributed by atoms with Crippen molar-refractivity contribution in [2.75, 3.05) is 26.8 Å². The fraction of sp³-hybridized carbons (Fsp3) is 0.615. The third-order valence-corrected chi connectivity index (χ3v) is 3.57. The minimum Gasteiger partial charge on any atom is -0.375 e. The van der Waals surface area contributed by atoms with Crippen LogP contribution in [0.5, 0.6) is 0 Å². The van der Waals surface area contributed by atoms with Gasteiger partial charge in [-0.2, -0.15) is 0 Å². The Bertz CT molecular complexity index is 434. The second-order valence-corrected chi connectivity index (χ2v) is 5.18. The van der Waals surface area contributed by atoms with E-state index < -0.39 is 0 Å². The summed E-state index contributed by atoms with van der Waals surface area (Å²) in [6.45, 7) is 1.76. The molecule has 0 aliphatic carbocycles. The molecule has 0 atom stereocenters. The van der Waals surface area contributed by atoms with Crippen molar-refractivity contribution in [2.24, 2.45) is 5.92 Å². The Morgan fingerprint density at radius 2 is 2.21 bits per heavy atom. The molecular formula is C13H18ClN3O2. The Morgan fingerprint density at radius 1 is 1.47 bits per heavy atom. The predicted molar refractivity (Wildman–Crippen MR) is 71.9 cm³/mol. The number of hydrogen-bond donors (Lipinski definition) is 0. The summed E-state index contributed by atoms with van der Waals surface area (Å²) in [5, 5.41) is 0.435. The number of rotatable bonds is 4. The highest BCUT2D eigenvalue weighted by molar-refractivity contribution is 6.29. The van der Waals surface area contributed by atoms with Crippen LogP contribution in [0, 0.1) is 5.92 Å². The van der Waals surface area contributed by atoms with Crippen LogP contribution in [-0.4, -0.2) is 47.6 Å². The molecule has 104 valence electrons. The Hall–Kier alpha value is -1.20. The van der Waals surface area contributed by atoms with Gasteiger partial charge in [0, 0.05) is 26.4 Å². The first-order valence-corrected chi connectivity index (χ1v) is 6.80. The molecule has 0 N–H and O–H groups in total. The van der Waals surface area contributed by atoms with Crippen LogP contribution in [0.3, 0.4) is 0 Å². The monoisotopic (exact) mass is 283 g/mol. The molecule has 1 aliphatic rings. The summed E-state index contributed by atoms with van der Waals surface area (Å²) in [7, 11) is 1.54. The number of carbonyl (C=O) groups excluding carboxylic acids is 1. The van der Waals surface area contributed by atoms with Crippen molar-refractivity contribution in [2.45, 2.75) is 19.3 Å². The van der Waals surface area contributed by atoms with Crippen molar-refractivity contribution in [3.8, 4) is 0 Å². The summed E-state index contributed by atoms with van der Waals surface area (Å²) >= 11 is 5.82. The summed E-state index contributed by atoms with van der Waals surface area (Å²) in [4.78, 5) is 21.8. The first-order valence-electron chi connectivity index (χ1n) is 6.42. The van der Waals surface area contributed by atoms with Crippen molar-refractivity contribution in [1.82, 2.24) is 14.9 Å². The van der Waals surface area contributed by atoms with E-state index in [-0.39, 0.29) is 12.5 Å². The molecule has 0 unspecified atom stereocenters. The fourth-order valence-corrected chi connectivity index (χ4v) is 2.54. The summed E-state index contributed by atoms with van der Waals surface area (Å²) in [5.41, 5.74) is 0.925. The molecule has 2 rings (SSSR count). The molecular weight excluding hydrogens is 266 g/mol. The Morgan fingerprint density at radius 3 is 2.84 bits per heavy atom. The maximum absolute atomic E-state index is 11.7. The van der Waals surface area contributed by atoms with Gasteiger partial charge in [-0.3, -0.25) is 9.78 Å². The molecule has 1 aliphatic heterocycles. The molecule has 0 aromatic carbocycles. The maximum atomic E-state index is 11.7. The van der Waals surface area contributed by atoms with Gasteiger partial charge in [0.2, 0.25) is 5.91 Å². The van der Waals surface area contributed by atoms with Crippen molar-refractivity contribution < 1.29 is 9.53 Å². The maximum Gasteiger partial charge on any atom is 0.248 e. The van der Waals surface area contributed by atoms with E-state index >= 15 is 0 Å². The van der Waals surface area contributed by atoms with Crippen molar-refractivity contribution in [3.05, 3.63) is 23.2 Å². The molecule has 6 heteroatoms. The molecule has 1 fully saturated rings. The van der Waals surface area contributed by atoms with Crippen LogP contribution in [0.2, 0.25) is 5.15 Å². The molecule has 19 heavy (non-hydrogen) atoms. The number of aromatic nitrogens is 2. The van der Waals surface area contributed by atoms with Gasteiger partial charge in [-0.25, -0.2) is 4.98 Å². The van der Waals surface area contributed by atoms with Gasteiger partial charge >= 0.3 is 0 Å². The van der Waals surface area contributed by atoms with E-state index in [1.54, 1.807) is 13.3 Å². The number of amides is 1. The highest BCUT2D eigenvalue weighted by Crippen LogP contribution is 2.21. The minimum atomic E-state index is 0.0727. The molecule has 0 bridgehead atoms. The van der Waals surface area contributed by atoms with Gasteiger partial charge in [0.25, 0.3) is 0 Å². The normalized spacial score (nSPS) is 16.6. The van der Waals surface area contributed by atoms with Gasteiger partial charge in [0.15, 0.2) is 0 Å². The number of hydrogen-bond acceptors (Lipinski definition) is 4. The molecule has 1 aromatic heterocycles. The van der Waals surface area contributed by atoms with Crippen molar-refractivity contribution in [1.29, 1.82) is 0 Å². The molecule has 0 saturated carbocycles. The summed E-state index contributed by atoms with van der Waals surface area (Å²) in [5.74, 6) is 0.614. The number of nitrogens with zero attached hydrogens (tertiary/aromatic N) is 3. The SMILES string of the molecule is COCC(=O)N1CCC(Cc2cncc(Cl)n2)CC1. The van der Waals surface area contributed by atoms with Crippen LogP contribution in [0.25, 0.3) is 0 Å².